The van der Waals surface area contributed by atoms with Gasteiger partial charge >= 0.3 is 0 Å². The van der Waals surface area contributed by atoms with Gasteiger partial charge in [-0.1, -0.05) is 11.3 Å². The van der Waals surface area contributed by atoms with Crippen molar-refractivity contribution in [3.05, 3.63) is 38.5 Å². The lowest BCUT2D eigenvalue weighted by Gasteiger charge is -2.30. The van der Waals surface area contributed by atoms with Crippen LogP contribution in [0.25, 0.3) is 0 Å². The first-order chi connectivity index (χ1) is 12.5. The first-order valence-electron chi connectivity index (χ1n) is 7.82. The summed E-state index contributed by atoms with van der Waals surface area (Å²) in [6.07, 6.45) is 3.05. The molecule has 0 saturated carbocycles. The number of aromatic nitrogens is 1. The van der Waals surface area contributed by atoms with Crippen LogP contribution in [-0.4, -0.2) is 34.9 Å². The van der Waals surface area contributed by atoms with Gasteiger partial charge < -0.3 is 4.90 Å². The summed E-state index contributed by atoms with van der Waals surface area (Å²) in [4.78, 5) is 23.2. The van der Waals surface area contributed by atoms with Gasteiger partial charge in [-0.3, -0.25) is 10.0 Å². The lowest BCUT2D eigenvalue weighted by Crippen LogP contribution is -2.41. The largest absolute Gasteiger partial charge is 0.348 e. The van der Waals surface area contributed by atoms with E-state index in [0.717, 1.165) is 8.92 Å². The summed E-state index contributed by atoms with van der Waals surface area (Å²) in [7, 11) is 0. The molecular weight excluding hydrogens is 491 g/mol. The van der Waals surface area contributed by atoms with Crippen LogP contribution >= 0.6 is 43.2 Å². The van der Waals surface area contributed by atoms with Crippen molar-refractivity contribution in [3.63, 3.8) is 0 Å². The molecule has 0 bridgehead atoms. The lowest BCUT2D eigenvalue weighted by atomic mass is 9.92. The van der Waals surface area contributed by atoms with Gasteiger partial charge in [-0.25, -0.2) is 19.8 Å². The Bertz CT molecular complexity index is 837. The highest BCUT2D eigenvalue weighted by molar-refractivity contribution is 9.11. The van der Waals surface area contributed by atoms with Crippen LogP contribution < -0.4 is 10.4 Å². The Balaban J connectivity index is 1.67. The summed E-state index contributed by atoms with van der Waals surface area (Å²) >= 11 is 8.03. The smallest absolute Gasteiger partial charge is 0.203 e. The van der Waals surface area contributed by atoms with E-state index in [1.807, 2.05) is 5.48 Å². The highest BCUT2D eigenvalue weighted by Gasteiger charge is 2.29. The van der Waals surface area contributed by atoms with Crippen molar-refractivity contribution in [1.29, 1.82) is 0 Å². The zero-order valence-corrected chi connectivity index (χ0v) is 17.4. The second kappa shape index (κ2) is 8.55. The van der Waals surface area contributed by atoms with Crippen molar-refractivity contribution >= 4 is 65.6 Å². The molecule has 1 saturated heterocycles. The molecular formula is C16H15Br2FN4O2S. The molecule has 26 heavy (non-hydrogen) atoms. The molecule has 138 valence electrons. The summed E-state index contributed by atoms with van der Waals surface area (Å²) < 4.78 is 14.5. The quantitative estimate of drug-likeness (QED) is 0.368. The summed E-state index contributed by atoms with van der Waals surface area (Å²) in [6, 6.07) is 4.13. The molecule has 1 aliphatic rings. The SMILES string of the molecule is O=C(C(=Nc1ccc(F)c(Br)c1)NO)C1CCN(c2ncc(Br)s2)CC1. The first-order valence-corrected chi connectivity index (χ1v) is 10.2. The highest BCUT2D eigenvalue weighted by Crippen LogP contribution is 2.30. The minimum Gasteiger partial charge on any atom is -0.348 e. The Morgan fingerprint density at radius 1 is 1.38 bits per heavy atom. The monoisotopic (exact) mass is 504 g/mol. The van der Waals surface area contributed by atoms with Crippen molar-refractivity contribution in [2.24, 2.45) is 10.9 Å². The third-order valence-electron chi connectivity index (χ3n) is 4.08. The molecule has 2 aromatic rings. The van der Waals surface area contributed by atoms with E-state index >= 15 is 0 Å². The third kappa shape index (κ3) is 4.48. The molecule has 6 nitrogen and oxygen atoms in total. The molecule has 2 heterocycles. The second-order valence-corrected chi connectivity index (χ2v) is 8.99. The summed E-state index contributed by atoms with van der Waals surface area (Å²) in [5.74, 6) is -1.06. The van der Waals surface area contributed by atoms with Crippen LogP contribution in [0.3, 0.4) is 0 Å². The number of anilines is 1. The molecule has 0 amide bonds. The van der Waals surface area contributed by atoms with Gasteiger partial charge in [-0.05, 0) is 62.9 Å². The second-order valence-electron chi connectivity index (χ2n) is 5.74. The fourth-order valence-electron chi connectivity index (χ4n) is 2.74. The van der Waals surface area contributed by atoms with Crippen molar-refractivity contribution in [2.45, 2.75) is 12.8 Å². The van der Waals surface area contributed by atoms with Gasteiger partial charge in [0.15, 0.2) is 11.0 Å². The maximum atomic E-state index is 13.3. The summed E-state index contributed by atoms with van der Waals surface area (Å²) in [5.41, 5.74) is 2.26. The average molecular weight is 506 g/mol. The minimum absolute atomic E-state index is 0.140. The van der Waals surface area contributed by atoms with Crippen LogP contribution in [0.2, 0.25) is 0 Å². The molecule has 1 aromatic carbocycles. The van der Waals surface area contributed by atoms with E-state index in [4.69, 9.17) is 0 Å². The van der Waals surface area contributed by atoms with E-state index in [0.29, 0.717) is 31.6 Å². The lowest BCUT2D eigenvalue weighted by molar-refractivity contribution is -0.117. The highest BCUT2D eigenvalue weighted by atomic mass is 79.9. The van der Waals surface area contributed by atoms with Crippen molar-refractivity contribution < 1.29 is 14.4 Å². The number of carbonyl (C=O) groups is 1. The number of halogens is 3. The Hall–Kier alpha value is -1.36. The predicted molar refractivity (Wildman–Crippen MR) is 106 cm³/mol. The fourth-order valence-corrected chi connectivity index (χ4v) is 4.34. The molecule has 1 fully saturated rings. The Kier molecular flexibility index (Phi) is 6.38. The Morgan fingerprint density at radius 2 is 2.12 bits per heavy atom. The molecule has 0 unspecified atom stereocenters. The van der Waals surface area contributed by atoms with Crippen LogP contribution in [0.5, 0.6) is 0 Å². The van der Waals surface area contributed by atoms with Gasteiger partial charge in [0.05, 0.1) is 20.1 Å². The molecule has 2 N–H and O–H groups in total. The van der Waals surface area contributed by atoms with Gasteiger partial charge in [0.2, 0.25) is 5.78 Å². The molecule has 3 rings (SSSR count). The number of aliphatic imine (C=N–C) groups is 1. The summed E-state index contributed by atoms with van der Waals surface area (Å²) in [6.45, 7) is 1.41. The third-order valence-corrected chi connectivity index (χ3v) is 6.23. The number of hydrogen-bond donors (Lipinski definition) is 2. The number of Topliss-reactive ketones (excluding diaryl/α,β-unsaturated/α-hetero) is 1. The van der Waals surface area contributed by atoms with Crippen molar-refractivity contribution in [2.75, 3.05) is 18.0 Å². The molecule has 1 aromatic heterocycles. The van der Waals surface area contributed by atoms with Gasteiger partial charge in [0.25, 0.3) is 0 Å². The van der Waals surface area contributed by atoms with Crippen LogP contribution in [0.4, 0.5) is 15.2 Å². The maximum Gasteiger partial charge on any atom is 0.203 e. The number of nitrogens with one attached hydrogen (secondary N) is 1. The van der Waals surface area contributed by atoms with Gasteiger partial charge in [0.1, 0.15) is 5.82 Å². The number of amidine groups is 1. The topological polar surface area (TPSA) is 77.8 Å². The Labute approximate surface area is 170 Å². The molecule has 0 spiro atoms. The van der Waals surface area contributed by atoms with Gasteiger partial charge in [-0.15, -0.1) is 0 Å². The zero-order valence-electron chi connectivity index (χ0n) is 13.5. The molecule has 1 aliphatic heterocycles. The van der Waals surface area contributed by atoms with E-state index in [1.165, 1.54) is 18.2 Å². The average Bonchev–Trinajstić information content (AvgIpc) is 3.08. The first kappa shape index (κ1) is 19.4. The molecule has 0 atom stereocenters. The van der Waals surface area contributed by atoms with E-state index in [-0.39, 0.29) is 22.0 Å². The number of benzene rings is 1. The molecule has 0 aliphatic carbocycles. The zero-order chi connectivity index (χ0) is 18.7. The molecule has 10 heteroatoms. The number of nitrogens with zero attached hydrogens (tertiary/aromatic N) is 3. The number of ketones is 1. The predicted octanol–water partition coefficient (Wildman–Crippen LogP) is 4.30. The number of carbonyl (C=O) groups excluding carboxylic acids is 1. The van der Waals surface area contributed by atoms with Gasteiger partial charge in [0, 0.05) is 19.0 Å². The van der Waals surface area contributed by atoms with E-state index in [2.05, 4.69) is 46.7 Å². The number of thiazole rings is 1. The number of hydroxylamine groups is 1. The Morgan fingerprint density at radius 3 is 2.69 bits per heavy atom. The van der Waals surface area contributed by atoms with Crippen molar-refractivity contribution in [3.8, 4) is 0 Å². The van der Waals surface area contributed by atoms with Crippen LogP contribution in [-0.2, 0) is 4.79 Å². The standard InChI is InChI=1S/C16H15Br2FN4O2S/c17-11-7-10(1-2-12(11)19)21-15(22-25)14(24)9-3-5-23(6-4-9)16-20-8-13(18)26-16/h1-2,7-9,25H,3-6H2,(H,21,22). The van der Waals surface area contributed by atoms with E-state index in [1.54, 1.807) is 17.5 Å². The van der Waals surface area contributed by atoms with Crippen LogP contribution in [0.15, 0.2) is 37.6 Å². The van der Waals surface area contributed by atoms with Gasteiger partial charge in [-0.2, -0.15) is 0 Å². The summed E-state index contributed by atoms with van der Waals surface area (Å²) in [5, 5.41) is 10.3. The van der Waals surface area contributed by atoms with Crippen LogP contribution in [0, 0.1) is 11.7 Å². The van der Waals surface area contributed by atoms with E-state index in [9.17, 15) is 14.4 Å². The minimum atomic E-state index is -0.421. The van der Waals surface area contributed by atoms with Crippen LogP contribution in [0.1, 0.15) is 12.8 Å². The van der Waals surface area contributed by atoms with Crippen molar-refractivity contribution in [1.82, 2.24) is 10.5 Å². The number of hydrogen-bond acceptors (Lipinski definition) is 6. The van der Waals surface area contributed by atoms with E-state index < -0.39 is 5.82 Å². The number of piperidine rings is 1. The fraction of sp³-hybridized carbons (Fsp3) is 0.312. The maximum absolute atomic E-state index is 13.3. The number of rotatable bonds is 4. The molecule has 0 radical (unpaired) electrons. The normalized spacial score (nSPS) is 16.0.